The lowest BCUT2D eigenvalue weighted by Gasteiger charge is -2.31. The molecule has 3 aliphatic carbocycles. The van der Waals surface area contributed by atoms with Crippen LogP contribution >= 0.6 is 11.6 Å². The van der Waals surface area contributed by atoms with Crippen molar-refractivity contribution in [2.45, 2.75) is 18.8 Å². The number of fused-ring (bicyclic) bond motifs is 9. The van der Waals surface area contributed by atoms with Gasteiger partial charge in [-0.05, 0) is 62.6 Å². The van der Waals surface area contributed by atoms with Crippen LogP contribution < -0.4 is 0 Å². The maximum absolute atomic E-state index is 7.01. The summed E-state index contributed by atoms with van der Waals surface area (Å²) in [6.45, 7) is 2.30. The van der Waals surface area contributed by atoms with Gasteiger partial charge < -0.3 is 0 Å². The lowest BCUT2D eigenvalue weighted by Crippen LogP contribution is -2.26. The van der Waals surface area contributed by atoms with Crippen molar-refractivity contribution in [1.82, 2.24) is 0 Å². The summed E-state index contributed by atoms with van der Waals surface area (Å²) in [7, 11) is 0. The molecular weight excluding hydrogens is 420 g/mol. The third-order valence-corrected chi connectivity index (χ3v) is 8.19. The molecule has 1 heteroatoms. The third kappa shape index (κ3) is 2.27. The van der Waals surface area contributed by atoms with Crippen LogP contribution in [-0.4, -0.2) is 0 Å². The minimum Gasteiger partial charge on any atom is -0.0837 e. The van der Waals surface area contributed by atoms with Crippen molar-refractivity contribution >= 4 is 22.7 Å². The van der Waals surface area contributed by atoms with E-state index < -0.39 is 0 Å². The van der Waals surface area contributed by atoms with Gasteiger partial charge in [0.2, 0.25) is 0 Å². The van der Waals surface area contributed by atoms with Crippen LogP contribution in [0.4, 0.5) is 0 Å². The molecule has 0 nitrogen and oxygen atoms in total. The molecule has 0 fully saturated rings. The van der Waals surface area contributed by atoms with Crippen LogP contribution in [0.2, 0.25) is 5.02 Å². The molecule has 0 N–H and O–H groups in total. The summed E-state index contributed by atoms with van der Waals surface area (Å²) in [6.07, 6.45) is 3.54. The van der Waals surface area contributed by atoms with E-state index in [0.29, 0.717) is 5.92 Å². The second-order valence-electron chi connectivity index (χ2n) is 9.26. The molecular formula is C32H23Cl. The Balaban J connectivity index is 1.63. The van der Waals surface area contributed by atoms with Gasteiger partial charge in [0, 0.05) is 16.5 Å². The molecule has 0 saturated carbocycles. The average Bonchev–Trinajstić information content (AvgIpc) is 3.48. The summed E-state index contributed by atoms with van der Waals surface area (Å²) in [5.41, 5.74) is 13.2. The van der Waals surface area contributed by atoms with Crippen LogP contribution in [0.5, 0.6) is 0 Å². The van der Waals surface area contributed by atoms with Crippen LogP contribution in [-0.2, 0) is 5.41 Å². The number of hydrogen-bond donors (Lipinski definition) is 0. The highest BCUT2D eigenvalue weighted by Gasteiger charge is 2.55. The molecule has 0 amide bonds. The molecule has 33 heavy (non-hydrogen) atoms. The van der Waals surface area contributed by atoms with Crippen molar-refractivity contribution in [2.24, 2.45) is 5.92 Å². The van der Waals surface area contributed by atoms with E-state index in [0.717, 1.165) is 11.4 Å². The van der Waals surface area contributed by atoms with E-state index in [9.17, 15) is 0 Å². The molecule has 4 aromatic carbocycles. The summed E-state index contributed by atoms with van der Waals surface area (Å²) < 4.78 is 0. The third-order valence-electron chi connectivity index (χ3n) is 7.87. The van der Waals surface area contributed by atoms with E-state index in [2.05, 4.69) is 110 Å². The van der Waals surface area contributed by atoms with Crippen LogP contribution in [0.1, 0.15) is 41.2 Å². The van der Waals surface area contributed by atoms with Crippen molar-refractivity contribution in [3.05, 3.63) is 142 Å². The fourth-order valence-corrected chi connectivity index (χ4v) is 6.98. The van der Waals surface area contributed by atoms with Gasteiger partial charge in [0.25, 0.3) is 0 Å². The monoisotopic (exact) mass is 442 g/mol. The molecule has 0 aromatic heterocycles. The molecule has 7 rings (SSSR count). The number of halogens is 1. The Kier molecular flexibility index (Phi) is 3.96. The van der Waals surface area contributed by atoms with Crippen LogP contribution in [0, 0.1) is 5.92 Å². The van der Waals surface area contributed by atoms with E-state index in [1.165, 1.54) is 55.7 Å². The van der Waals surface area contributed by atoms with Crippen molar-refractivity contribution in [1.29, 1.82) is 0 Å². The van der Waals surface area contributed by atoms with E-state index in [1.54, 1.807) is 0 Å². The Labute approximate surface area is 199 Å². The molecule has 0 saturated heterocycles. The van der Waals surface area contributed by atoms with Crippen molar-refractivity contribution < 1.29 is 0 Å². The van der Waals surface area contributed by atoms with Gasteiger partial charge in [-0.3, -0.25) is 0 Å². The van der Waals surface area contributed by atoms with Gasteiger partial charge in [0.05, 0.1) is 5.41 Å². The number of hydrogen-bond acceptors (Lipinski definition) is 0. The van der Waals surface area contributed by atoms with Crippen LogP contribution in [0.25, 0.3) is 22.3 Å². The molecule has 0 bridgehead atoms. The highest BCUT2D eigenvalue weighted by atomic mass is 35.5. The molecule has 1 atom stereocenters. The largest absolute Gasteiger partial charge is 0.0837 e. The second kappa shape index (κ2) is 6.83. The summed E-state index contributed by atoms with van der Waals surface area (Å²) in [6, 6.07) is 35.2. The molecule has 158 valence electrons. The normalized spacial score (nSPS) is 18.7. The van der Waals surface area contributed by atoms with E-state index in [-0.39, 0.29) is 5.41 Å². The zero-order valence-electron chi connectivity index (χ0n) is 18.5. The van der Waals surface area contributed by atoms with Gasteiger partial charge in [-0.2, -0.15) is 0 Å². The fraction of sp³-hybridized carbons (Fsp3) is 0.125. The molecule has 0 heterocycles. The Bertz CT molecular complexity index is 1460. The van der Waals surface area contributed by atoms with E-state index >= 15 is 0 Å². The van der Waals surface area contributed by atoms with Crippen molar-refractivity contribution in [3.8, 4) is 11.1 Å². The van der Waals surface area contributed by atoms with Gasteiger partial charge in [-0.15, -0.1) is 0 Å². The minimum atomic E-state index is -0.313. The Morgan fingerprint density at radius 1 is 0.697 bits per heavy atom. The van der Waals surface area contributed by atoms with Gasteiger partial charge >= 0.3 is 0 Å². The molecule has 0 aliphatic heterocycles. The zero-order valence-corrected chi connectivity index (χ0v) is 19.2. The lowest BCUT2D eigenvalue weighted by atomic mass is 9.69. The number of benzene rings is 4. The zero-order chi connectivity index (χ0) is 22.2. The smallest absolute Gasteiger partial charge is 0.0723 e. The average molecular weight is 443 g/mol. The van der Waals surface area contributed by atoms with Crippen LogP contribution in [0.3, 0.4) is 0 Å². The summed E-state index contributed by atoms with van der Waals surface area (Å²) in [5, 5.41) is 0.861. The highest BCUT2D eigenvalue weighted by molar-refractivity contribution is 6.33. The van der Waals surface area contributed by atoms with E-state index in [4.69, 9.17) is 11.6 Å². The van der Waals surface area contributed by atoms with Gasteiger partial charge in [0.1, 0.15) is 0 Å². The quantitative estimate of drug-likeness (QED) is 0.291. The first-order chi connectivity index (χ1) is 16.3. The fourth-order valence-electron chi connectivity index (χ4n) is 6.71. The second-order valence-corrected chi connectivity index (χ2v) is 9.66. The summed E-state index contributed by atoms with van der Waals surface area (Å²) >= 11 is 7.01. The SMILES string of the molecule is CCC1C(c2ccccc2)=CC2=C1c1c(Cl)cccc1C21c2ccccc2-c2ccccc21. The molecule has 4 aromatic rings. The first-order valence-electron chi connectivity index (χ1n) is 11.8. The maximum atomic E-state index is 7.01. The number of allylic oxidation sites excluding steroid dienone is 4. The summed E-state index contributed by atoms with van der Waals surface area (Å²) in [4.78, 5) is 0. The van der Waals surface area contributed by atoms with E-state index in [1.807, 2.05) is 0 Å². The first-order valence-corrected chi connectivity index (χ1v) is 12.1. The lowest BCUT2D eigenvalue weighted by molar-refractivity contribution is 0.787. The Morgan fingerprint density at radius 3 is 1.97 bits per heavy atom. The first kappa shape index (κ1) is 19.1. The van der Waals surface area contributed by atoms with Crippen molar-refractivity contribution in [2.75, 3.05) is 0 Å². The molecule has 3 aliphatic rings. The molecule has 1 unspecified atom stereocenters. The van der Waals surface area contributed by atoms with Gasteiger partial charge in [-0.1, -0.05) is 116 Å². The highest BCUT2D eigenvalue weighted by Crippen LogP contribution is 2.67. The Hall–Kier alpha value is -3.35. The predicted molar refractivity (Wildman–Crippen MR) is 138 cm³/mol. The molecule has 1 spiro atoms. The summed E-state index contributed by atoms with van der Waals surface area (Å²) in [5.74, 6) is 0.334. The minimum absolute atomic E-state index is 0.313. The van der Waals surface area contributed by atoms with Gasteiger partial charge in [0.15, 0.2) is 0 Å². The topological polar surface area (TPSA) is 0 Å². The Morgan fingerprint density at radius 2 is 1.30 bits per heavy atom. The number of rotatable bonds is 2. The predicted octanol–water partition coefficient (Wildman–Crippen LogP) is 8.55. The standard InChI is InChI=1S/C32H23Cl/c1-2-21-24(20-11-4-3-5-12-20)19-28-30(21)31-27(17-10-18-29(31)33)32(28)25-15-8-6-13-22(25)23-14-7-9-16-26(23)32/h3-19,21H,2H2,1H3. The molecule has 0 radical (unpaired) electrons. The maximum Gasteiger partial charge on any atom is 0.0723 e. The van der Waals surface area contributed by atoms with Crippen molar-refractivity contribution in [3.63, 3.8) is 0 Å². The van der Waals surface area contributed by atoms with Crippen LogP contribution in [0.15, 0.2) is 109 Å². The van der Waals surface area contributed by atoms with Gasteiger partial charge in [-0.25, -0.2) is 0 Å².